The van der Waals surface area contributed by atoms with Gasteiger partial charge in [0, 0.05) is 0 Å². The number of rotatable bonds is 3. The van der Waals surface area contributed by atoms with E-state index in [9.17, 15) is 8.42 Å². The second-order valence-corrected chi connectivity index (χ2v) is 4.29. The average Bonchev–Trinajstić information content (AvgIpc) is 2.04. The first kappa shape index (κ1) is 13.7. The Balaban J connectivity index is 0.00000169. The predicted octanol–water partition coefficient (Wildman–Crippen LogP) is 1.24. The molecule has 0 aromatic heterocycles. The fraction of sp³-hybridized carbons (Fsp3) is 0.333. The summed E-state index contributed by atoms with van der Waals surface area (Å²) in [6.45, 7) is 2.05. The van der Waals surface area contributed by atoms with Crippen LogP contribution in [-0.4, -0.2) is 31.8 Å². The summed E-state index contributed by atoms with van der Waals surface area (Å²) in [5.74, 6) is 0. The van der Waals surface area contributed by atoms with Gasteiger partial charge in [0.1, 0.15) is 0 Å². The van der Waals surface area contributed by atoms with E-state index in [-0.39, 0.29) is 23.8 Å². The molecule has 3 nitrogen and oxygen atoms in total. The predicted molar refractivity (Wildman–Crippen MR) is 57.4 cm³/mol. The van der Waals surface area contributed by atoms with Gasteiger partial charge in [-0.1, -0.05) is 25.5 Å². The van der Waals surface area contributed by atoms with Crippen molar-refractivity contribution in [1.29, 1.82) is 0 Å². The van der Waals surface area contributed by atoms with Crippen LogP contribution in [-0.2, 0) is 16.5 Å². The molecule has 1 aromatic carbocycles. The van der Waals surface area contributed by atoms with Gasteiger partial charge in [0.15, 0.2) is 0 Å². The molecule has 0 saturated carbocycles. The van der Waals surface area contributed by atoms with Gasteiger partial charge in [0.05, 0.1) is 4.90 Å². The van der Waals surface area contributed by atoms with Crippen LogP contribution in [0.3, 0.4) is 0 Å². The van der Waals surface area contributed by atoms with E-state index in [4.69, 9.17) is 4.55 Å². The van der Waals surface area contributed by atoms with Crippen LogP contribution in [0.4, 0.5) is 0 Å². The van der Waals surface area contributed by atoms with Crippen LogP contribution in [0.2, 0.25) is 0 Å². The molecule has 0 amide bonds. The summed E-state index contributed by atoms with van der Waals surface area (Å²) in [6.07, 6.45) is 1.94. The van der Waals surface area contributed by atoms with E-state index in [1.807, 2.05) is 0 Å². The third kappa shape index (κ3) is 3.85. The first-order chi connectivity index (χ1) is 6.04. The van der Waals surface area contributed by atoms with Gasteiger partial charge in [-0.2, -0.15) is 8.42 Å². The molecule has 1 aromatic rings. The molecule has 0 heterocycles. The Morgan fingerprint density at radius 1 is 1.21 bits per heavy atom. The molecule has 5 heteroatoms. The van der Waals surface area contributed by atoms with Crippen molar-refractivity contribution in [3.05, 3.63) is 29.8 Å². The molecule has 0 saturated heterocycles. The molecule has 0 bridgehead atoms. The van der Waals surface area contributed by atoms with Gasteiger partial charge in [-0.05, 0) is 24.1 Å². The molecule has 0 radical (unpaired) electrons. The zero-order valence-electron chi connectivity index (χ0n) is 7.40. The Morgan fingerprint density at radius 3 is 2.07 bits per heavy atom. The Hall–Kier alpha value is -0.273. The van der Waals surface area contributed by atoms with Gasteiger partial charge in [-0.3, -0.25) is 4.55 Å². The van der Waals surface area contributed by atoms with Crippen LogP contribution in [0.25, 0.3) is 0 Å². The van der Waals surface area contributed by atoms with Crippen molar-refractivity contribution in [3.8, 4) is 0 Å². The monoisotopic (exact) mass is 208 g/mol. The van der Waals surface area contributed by atoms with Gasteiger partial charge in [0.25, 0.3) is 10.1 Å². The van der Waals surface area contributed by atoms with Crippen molar-refractivity contribution < 1.29 is 13.0 Å². The van der Waals surface area contributed by atoms with Crippen molar-refractivity contribution in [2.24, 2.45) is 0 Å². The van der Waals surface area contributed by atoms with E-state index in [1.165, 1.54) is 12.1 Å². The fourth-order valence-electron chi connectivity index (χ4n) is 1.12. The van der Waals surface area contributed by atoms with Crippen LogP contribution in [0.1, 0.15) is 18.9 Å². The minimum atomic E-state index is -4.03. The van der Waals surface area contributed by atoms with Gasteiger partial charge < -0.3 is 0 Å². The molecular weight excluding hydrogens is 195 g/mol. The topological polar surface area (TPSA) is 54.4 Å². The Labute approximate surface area is 96.5 Å². The number of benzene rings is 1. The molecule has 14 heavy (non-hydrogen) atoms. The second kappa shape index (κ2) is 5.57. The Kier molecular flexibility index (Phi) is 5.46. The number of aryl methyl sites for hydroxylation is 1. The summed E-state index contributed by atoms with van der Waals surface area (Å²) in [6, 6.07) is 6.26. The van der Waals surface area contributed by atoms with E-state index in [0.717, 1.165) is 18.4 Å². The second-order valence-electron chi connectivity index (χ2n) is 2.87. The molecule has 0 spiro atoms. The SMILES string of the molecule is CCCc1ccc(S(=O)(=O)O)cc1.[LiH]. The van der Waals surface area contributed by atoms with Gasteiger partial charge in [0.2, 0.25) is 0 Å². The van der Waals surface area contributed by atoms with Crippen molar-refractivity contribution in [1.82, 2.24) is 0 Å². The zero-order chi connectivity index (χ0) is 9.90. The average molecular weight is 208 g/mol. The summed E-state index contributed by atoms with van der Waals surface area (Å²) in [5, 5.41) is 0. The van der Waals surface area contributed by atoms with Crippen LogP contribution < -0.4 is 0 Å². The Morgan fingerprint density at radius 2 is 1.71 bits per heavy atom. The summed E-state index contributed by atoms with van der Waals surface area (Å²) in [5.41, 5.74) is 1.08. The number of hydrogen-bond donors (Lipinski definition) is 1. The first-order valence-electron chi connectivity index (χ1n) is 4.10. The van der Waals surface area contributed by atoms with Crippen molar-refractivity contribution >= 4 is 29.0 Å². The van der Waals surface area contributed by atoms with E-state index in [0.29, 0.717) is 0 Å². The van der Waals surface area contributed by atoms with Crippen LogP contribution in [0, 0.1) is 0 Å². The first-order valence-corrected chi connectivity index (χ1v) is 5.54. The van der Waals surface area contributed by atoms with E-state index in [2.05, 4.69) is 6.92 Å². The van der Waals surface area contributed by atoms with Gasteiger partial charge in [-0.15, -0.1) is 0 Å². The number of hydrogen-bond acceptors (Lipinski definition) is 2. The van der Waals surface area contributed by atoms with Crippen LogP contribution in [0.5, 0.6) is 0 Å². The maximum atomic E-state index is 10.7. The normalized spacial score (nSPS) is 10.7. The van der Waals surface area contributed by atoms with Crippen LogP contribution in [0.15, 0.2) is 29.2 Å². The summed E-state index contributed by atoms with van der Waals surface area (Å²) in [7, 11) is -4.03. The Bertz CT molecular complexity index is 370. The zero-order valence-corrected chi connectivity index (χ0v) is 8.21. The molecule has 0 aliphatic heterocycles. The van der Waals surface area contributed by atoms with Crippen LogP contribution >= 0.6 is 0 Å². The molecule has 0 unspecified atom stereocenters. The molecule has 1 N–H and O–H groups in total. The molecule has 74 valence electrons. The summed E-state index contributed by atoms with van der Waals surface area (Å²) < 4.78 is 30.0. The molecule has 0 aliphatic carbocycles. The third-order valence-corrected chi connectivity index (χ3v) is 2.63. The van der Waals surface area contributed by atoms with E-state index in [1.54, 1.807) is 12.1 Å². The molecule has 0 aliphatic rings. The standard InChI is InChI=1S/C9H12O3S.Li.H/c1-2-3-8-4-6-9(7-5-8)13(10,11)12;;/h4-7H,2-3H2,1H3,(H,10,11,12);;. The molecule has 1 rings (SSSR count). The third-order valence-electron chi connectivity index (χ3n) is 1.76. The van der Waals surface area contributed by atoms with E-state index < -0.39 is 10.1 Å². The van der Waals surface area contributed by atoms with Crippen molar-refractivity contribution in [3.63, 3.8) is 0 Å². The molecular formula is C9H13LiO3S. The maximum absolute atomic E-state index is 10.7. The minimum absolute atomic E-state index is 0. The fourth-order valence-corrected chi connectivity index (χ4v) is 1.60. The summed E-state index contributed by atoms with van der Waals surface area (Å²) in [4.78, 5) is -0.0487. The molecule has 0 atom stereocenters. The quantitative estimate of drug-likeness (QED) is 0.600. The van der Waals surface area contributed by atoms with Crippen molar-refractivity contribution in [2.45, 2.75) is 24.7 Å². The summed E-state index contributed by atoms with van der Waals surface area (Å²) >= 11 is 0. The van der Waals surface area contributed by atoms with E-state index >= 15 is 0 Å². The van der Waals surface area contributed by atoms with Gasteiger partial charge in [-0.25, -0.2) is 0 Å². The van der Waals surface area contributed by atoms with Crippen molar-refractivity contribution in [2.75, 3.05) is 0 Å². The van der Waals surface area contributed by atoms with Gasteiger partial charge >= 0.3 is 18.9 Å². The molecule has 0 fully saturated rings.